The minimum Gasteiger partial charge on any atom is -0.305 e. The van der Waals surface area contributed by atoms with Crippen LogP contribution in [-0.2, 0) is 0 Å². The maximum atomic E-state index is 2.44. The van der Waals surface area contributed by atoms with Crippen LogP contribution in [0.1, 0.15) is 20.3 Å². The first-order chi connectivity index (χ1) is 4.93. The lowest BCUT2D eigenvalue weighted by Crippen LogP contribution is -2.34. The van der Waals surface area contributed by atoms with Gasteiger partial charge in [0.2, 0.25) is 0 Å². The van der Waals surface area contributed by atoms with Crippen LogP contribution in [0.3, 0.4) is 0 Å². The molecule has 1 saturated heterocycles. The zero-order valence-electron chi connectivity index (χ0n) is 8.39. The smallest absolute Gasteiger partial charge is 0.0234 e. The molecule has 1 fully saturated rings. The molecule has 1 rings (SSSR count). The Morgan fingerprint density at radius 3 is 2.09 bits per heavy atom. The number of hydrogen-bond acceptors (Lipinski definition) is 2. The molecular formula is C9H20N2. The van der Waals surface area contributed by atoms with Gasteiger partial charge in [-0.05, 0) is 41.4 Å². The lowest BCUT2D eigenvalue weighted by atomic mass is 10.0. The highest BCUT2D eigenvalue weighted by molar-refractivity contribution is 4.94. The van der Waals surface area contributed by atoms with Gasteiger partial charge < -0.3 is 4.90 Å². The van der Waals surface area contributed by atoms with Crippen molar-refractivity contribution in [3.05, 3.63) is 0 Å². The second-order valence-electron chi connectivity index (χ2n) is 4.51. The molecule has 1 aliphatic heterocycles. The fourth-order valence-electron chi connectivity index (χ4n) is 1.71. The maximum Gasteiger partial charge on any atom is 0.0234 e. The van der Waals surface area contributed by atoms with Crippen molar-refractivity contribution >= 4 is 0 Å². The van der Waals surface area contributed by atoms with Gasteiger partial charge in [-0.3, -0.25) is 4.90 Å². The van der Waals surface area contributed by atoms with Crippen molar-refractivity contribution in [2.24, 2.45) is 0 Å². The fraction of sp³-hybridized carbons (Fsp3) is 1.00. The summed E-state index contributed by atoms with van der Waals surface area (Å²) in [5.41, 5.74) is 0.398. The molecule has 1 atom stereocenters. The topological polar surface area (TPSA) is 6.48 Å². The number of likely N-dealkylation sites (N-methyl/N-ethyl adjacent to an activating group) is 2. The van der Waals surface area contributed by atoms with Crippen molar-refractivity contribution in [3.8, 4) is 0 Å². The zero-order valence-corrected chi connectivity index (χ0v) is 8.39. The highest BCUT2D eigenvalue weighted by atomic mass is 15.3. The largest absolute Gasteiger partial charge is 0.305 e. The van der Waals surface area contributed by atoms with E-state index in [1.807, 2.05) is 0 Å². The first kappa shape index (κ1) is 9.01. The van der Waals surface area contributed by atoms with Crippen molar-refractivity contribution in [1.82, 2.24) is 9.80 Å². The Hall–Kier alpha value is -0.0800. The Morgan fingerprint density at radius 1 is 1.36 bits per heavy atom. The van der Waals surface area contributed by atoms with Gasteiger partial charge in [-0.15, -0.1) is 0 Å². The van der Waals surface area contributed by atoms with E-state index in [1.165, 1.54) is 13.0 Å². The number of nitrogens with zero attached hydrogens (tertiary/aromatic N) is 2. The molecule has 2 heteroatoms. The van der Waals surface area contributed by atoms with Crippen molar-refractivity contribution in [1.29, 1.82) is 0 Å². The Kier molecular flexibility index (Phi) is 2.26. The van der Waals surface area contributed by atoms with Crippen molar-refractivity contribution in [2.45, 2.75) is 31.8 Å². The van der Waals surface area contributed by atoms with Gasteiger partial charge in [0.1, 0.15) is 0 Å². The minimum absolute atomic E-state index is 0.398. The van der Waals surface area contributed by atoms with Crippen molar-refractivity contribution < 1.29 is 0 Å². The van der Waals surface area contributed by atoms with Gasteiger partial charge in [0.25, 0.3) is 0 Å². The van der Waals surface area contributed by atoms with E-state index in [9.17, 15) is 0 Å². The third kappa shape index (κ3) is 1.74. The van der Waals surface area contributed by atoms with Crippen LogP contribution >= 0.6 is 0 Å². The third-order valence-electron chi connectivity index (χ3n) is 2.98. The molecule has 0 bridgehead atoms. The minimum atomic E-state index is 0.398. The standard InChI is InChI=1S/C9H20N2/c1-9(2)6-8(10(3)4)7-11(9)5/h8H,6-7H2,1-5H3. The molecule has 1 aliphatic rings. The monoisotopic (exact) mass is 156 g/mol. The molecule has 2 nitrogen and oxygen atoms in total. The van der Waals surface area contributed by atoms with E-state index in [2.05, 4.69) is 44.8 Å². The van der Waals surface area contributed by atoms with E-state index in [4.69, 9.17) is 0 Å². The van der Waals surface area contributed by atoms with Gasteiger partial charge in [0.05, 0.1) is 0 Å². The first-order valence-corrected chi connectivity index (χ1v) is 4.31. The van der Waals surface area contributed by atoms with Gasteiger partial charge in [0.15, 0.2) is 0 Å². The summed E-state index contributed by atoms with van der Waals surface area (Å²) < 4.78 is 0. The van der Waals surface area contributed by atoms with Crippen molar-refractivity contribution in [2.75, 3.05) is 27.7 Å². The van der Waals surface area contributed by atoms with Crippen LogP contribution in [0.25, 0.3) is 0 Å². The van der Waals surface area contributed by atoms with E-state index in [0.717, 1.165) is 6.04 Å². The number of hydrogen-bond donors (Lipinski definition) is 0. The van der Waals surface area contributed by atoms with E-state index >= 15 is 0 Å². The molecule has 0 spiro atoms. The normalized spacial score (nSPS) is 31.6. The molecule has 0 aromatic heterocycles. The molecule has 0 amide bonds. The second kappa shape index (κ2) is 2.76. The average Bonchev–Trinajstić information content (AvgIpc) is 2.08. The van der Waals surface area contributed by atoms with Crippen LogP contribution < -0.4 is 0 Å². The molecular weight excluding hydrogens is 136 g/mol. The van der Waals surface area contributed by atoms with Crippen LogP contribution in [0.2, 0.25) is 0 Å². The van der Waals surface area contributed by atoms with E-state index in [0.29, 0.717) is 5.54 Å². The van der Waals surface area contributed by atoms with E-state index in [1.54, 1.807) is 0 Å². The average molecular weight is 156 g/mol. The number of likely N-dealkylation sites (tertiary alicyclic amines) is 1. The third-order valence-corrected chi connectivity index (χ3v) is 2.98. The van der Waals surface area contributed by atoms with Crippen LogP contribution in [0, 0.1) is 0 Å². The second-order valence-corrected chi connectivity index (χ2v) is 4.51. The SMILES string of the molecule is CN(C)C1CN(C)C(C)(C)C1. The summed E-state index contributed by atoms with van der Waals surface area (Å²) in [5, 5.41) is 0. The molecule has 0 radical (unpaired) electrons. The van der Waals surface area contributed by atoms with E-state index < -0.39 is 0 Å². The molecule has 0 N–H and O–H groups in total. The van der Waals surface area contributed by atoms with Gasteiger partial charge in [0, 0.05) is 18.1 Å². The zero-order chi connectivity index (χ0) is 8.65. The summed E-state index contributed by atoms with van der Waals surface area (Å²) in [4.78, 5) is 4.77. The Balaban J connectivity index is 2.57. The van der Waals surface area contributed by atoms with Crippen LogP contribution in [-0.4, -0.2) is 49.1 Å². The summed E-state index contributed by atoms with van der Waals surface area (Å²) in [6.45, 7) is 5.84. The molecule has 0 aromatic rings. The molecule has 0 aromatic carbocycles. The van der Waals surface area contributed by atoms with Gasteiger partial charge in [-0.1, -0.05) is 0 Å². The Morgan fingerprint density at radius 2 is 1.91 bits per heavy atom. The highest BCUT2D eigenvalue weighted by Crippen LogP contribution is 2.28. The lowest BCUT2D eigenvalue weighted by molar-refractivity contribution is 0.217. The highest BCUT2D eigenvalue weighted by Gasteiger charge is 2.36. The summed E-state index contributed by atoms with van der Waals surface area (Å²) in [7, 11) is 6.54. The first-order valence-electron chi connectivity index (χ1n) is 4.31. The summed E-state index contributed by atoms with van der Waals surface area (Å²) >= 11 is 0. The molecule has 66 valence electrons. The van der Waals surface area contributed by atoms with E-state index in [-0.39, 0.29) is 0 Å². The molecule has 1 heterocycles. The predicted molar refractivity (Wildman–Crippen MR) is 48.8 cm³/mol. The number of rotatable bonds is 1. The van der Waals surface area contributed by atoms with Crippen LogP contribution in [0.4, 0.5) is 0 Å². The van der Waals surface area contributed by atoms with Crippen LogP contribution in [0.5, 0.6) is 0 Å². The summed E-state index contributed by atoms with van der Waals surface area (Å²) in [5.74, 6) is 0. The molecule has 11 heavy (non-hydrogen) atoms. The molecule has 0 saturated carbocycles. The Bertz CT molecular complexity index is 140. The maximum absolute atomic E-state index is 2.44. The fourth-order valence-corrected chi connectivity index (χ4v) is 1.71. The summed E-state index contributed by atoms with van der Waals surface area (Å²) in [6, 6.07) is 0.745. The van der Waals surface area contributed by atoms with Crippen LogP contribution in [0.15, 0.2) is 0 Å². The Labute approximate surface area is 70.2 Å². The van der Waals surface area contributed by atoms with Gasteiger partial charge in [-0.2, -0.15) is 0 Å². The van der Waals surface area contributed by atoms with Crippen molar-refractivity contribution in [3.63, 3.8) is 0 Å². The molecule has 0 aliphatic carbocycles. The quantitative estimate of drug-likeness (QED) is 0.559. The lowest BCUT2D eigenvalue weighted by Gasteiger charge is -2.26. The van der Waals surface area contributed by atoms with Gasteiger partial charge >= 0.3 is 0 Å². The molecule has 1 unspecified atom stereocenters. The van der Waals surface area contributed by atoms with Gasteiger partial charge in [-0.25, -0.2) is 0 Å². The summed E-state index contributed by atoms with van der Waals surface area (Å²) in [6.07, 6.45) is 1.29. The predicted octanol–water partition coefficient (Wildman–Crippen LogP) is 1.03.